The Labute approximate surface area is 209 Å². The van der Waals surface area contributed by atoms with Crippen molar-refractivity contribution in [3.8, 4) is 11.4 Å². The summed E-state index contributed by atoms with van der Waals surface area (Å²) in [5, 5.41) is 12.9. The van der Waals surface area contributed by atoms with Crippen LogP contribution in [0.3, 0.4) is 0 Å². The van der Waals surface area contributed by atoms with Crippen LogP contribution in [0.4, 0.5) is 5.69 Å². The zero-order chi connectivity index (χ0) is 22.9. The van der Waals surface area contributed by atoms with Crippen LogP contribution in [-0.4, -0.2) is 32.2 Å². The highest BCUT2D eigenvalue weighted by Crippen LogP contribution is 2.37. The number of nitrogens with zero attached hydrogens (tertiary/aromatic N) is 3. The van der Waals surface area contributed by atoms with Crippen LogP contribution in [0.25, 0.3) is 11.4 Å². The maximum absolute atomic E-state index is 13.1. The van der Waals surface area contributed by atoms with Crippen LogP contribution < -0.4 is 5.32 Å². The standard InChI is InChI=1S/C24H22BrClN4O2S/c25-16-6-4-5-14(9-16)23-28-29-24(30(23)17-7-2-1-3-8-17)33-13-21(31)18-10-15-11-22(32)27-20(15)12-19(18)26/h4-6,9-10,12,17H,1-3,7-8,11,13H2,(H,27,32). The highest BCUT2D eigenvalue weighted by atomic mass is 79.9. The summed E-state index contributed by atoms with van der Waals surface area (Å²) in [4.78, 5) is 24.7. The Bertz CT molecular complexity index is 1240. The number of rotatable bonds is 6. The van der Waals surface area contributed by atoms with Crippen molar-refractivity contribution in [2.75, 3.05) is 11.1 Å². The van der Waals surface area contributed by atoms with Gasteiger partial charge >= 0.3 is 0 Å². The number of halogens is 2. The molecule has 33 heavy (non-hydrogen) atoms. The van der Waals surface area contributed by atoms with Gasteiger partial charge in [0.25, 0.3) is 0 Å². The molecule has 1 aromatic heterocycles. The quantitative estimate of drug-likeness (QED) is 0.289. The second kappa shape index (κ2) is 9.60. The van der Waals surface area contributed by atoms with E-state index in [2.05, 4.69) is 36.0 Å². The van der Waals surface area contributed by atoms with Gasteiger partial charge in [0.2, 0.25) is 5.91 Å². The smallest absolute Gasteiger partial charge is 0.228 e. The van der Waals surface area contributed by atoms with Gasteiger partial charge < -0.3 is 5.32 Å². The first-order chi connectivity index (χ1) is 16.0. The predicted molar refractivity (Wildman–Crippen MR) is 134 cm³/mol. The van der Waals surface area contributed by atoms with Crippen molar-refractivity contribution in [3.63, 3.8) is 0 Å². The molecule has 1 aliphatic heterocycles. The van der Waals surface area contributed by atoms with Crippen molar-refractivity contribution >= 4 is 56.7 Å². The third-order valence-electron chi connectivity index (χ3n) is 6.14. The molecule has 0 bridgehead atoms. The molecule has 0 saturated heterocycles. The van der Waals surface area contributed by atoms with Crippen LogP contribution >= 0.6 is 39.3 Å². The van der Waals surface area contributed by atoms with Gasteiger partial charge in [0.15, 0.2) is 16.8 Å². The predicted octanol–water partition coefficient (Wildman–Crippen LogP) is 6.34. The van der Waals surface area contributed by atoms with Crippen molar-refractivity contribution in [1.82, 2.24) is 14.8 Å². The van der Waals surface area contributed by atoms with E-state index in [1.807, 2.05) is 24.3 Å². The number of thioether (sulfide) groups is 1. The van der Waals surface area contributed by atoms with E-state index >= 15 is 0 Å². The lowest BCUT2D eigenvalue weighted by molar-refractivity contribution is -0.115. The number of ketones is 1. The van der Waals surface area contributed by atoms with Crippen LogP contribution in [0.5, 0.6) is 0 Å². The van der Waals surface area contributed by atoms with E-state index in [9.17, 15) is 9.59 Å². The second-order valence-corrected chi connectivity index (χ2v) is 10.7. The molecule has 1 aliphatic carbocycles. The lowest BCUT2D eigenvalue weighted by Crippen LogP contribution is -2.15. The van der Waals surface area contributed by atoms with Crippen molar-refractivity contribution in [2.24, 2.45) is 0 Å². The summed E-state index contributed by atoms with van der Waals surface area (Å²) < 4.78 is 3.20. The Kier molecular flexibility index (Phi) is 6.58. The molecule has 1 amide bonds. The van der Waals surface area contributed by atoms with Crippen LogP contribution in [0.1, 0.15) is 54.1 Å². The molecule has 2 heterocycles. The molecule has 5 rings (SSSR count). The molecule has 0 atom stereocenters. The van der Waals surface area contributed by atoms with Crippen molar-refractivity contribution in [3.05, 3.63) is 57.0 Å². The summed E-state index contributed by atoms with van der Waals surface area (Å²) in [7, 11) is 0. The van der Waals surface area contributed by atoms with Crippen LogP contribution in [0.2, 0.25) is 5.02 Å². The Morgan fingerprint density at radius 2 is 2.00 bits per heavy atom. The fourth-order valence-electron chi connectivity index (χ4n) is 4.54. The van der Waals surface area contributed by atoms with E-state index in [-0.39, 0.29) is 23.9 Å². The summed E-state index contributed by atoms with van der Waals surface area (Å²) in [5.41, 5.74) is 2.93. The van der Waals surface area contributed by atoms with E-state index in [0.29, 0.717) is 22.3 Å². The molecule has 3 aromatic rings. The van der Waals surface area contributed by atoms with Gasteiger partial charge in [-0.25, -0.2) is 0 Å². The van der Waals surface area contributed by atoms with Crippen LogP contribution in [0.15, 0.2) is 46.0 Å². The number of hydrogen-bond donors (Lipinski definition) is 1. The van der Waals surface area contributed by atoms with Gasteiger partial charge in [-0.05, 0) is 42.7 Å². The van der Waals surface area contributed by atoms with Gasteiger partial charge in [0.1, 0.15) is 0 Å². The fraction of sp³-hybridized carbons (Fsp3) is 0.333. The minimum atomic E-state index is -0.0886. The number of aromatic nitrogens is 3. The number of fused-ring (bicyclic) bond motifs is 1. The summed E-state index contributed by atoms with van der Waals surface area (Å²) >= 11 is 11.3. The minimum absolute atomic E-state index is 0.0827. The summed E-state index contributed by atoms with van der Waals surface area (Å²) in [6.07, 6.45) is 6.05. The molecule has 170 valence electrons. The fourth-order valence-corrected chi connectivity index (χ4v) is 6.10. The Hall–Kier alpha value is -2.16. The number of amides is 1. The van der Waals surface area contributed by atoms with Gasteiger partial charge in [-0.1, -0.05) is 70.7 Å². The molecule has 1 saturated carbocycles. The molecule has 0 spiro atoms. The van der Waals surface area contributed by atoms with Gasteiger partial charge in [0.05, 0.1) is 17.2 Å². The Balaban J connectivity index is 1.41. The third kappa shape index (κ3) is 4.74. The molecular formula is C24H22BrClN4O2S. The molecule has 9 heteroatoms. The number of carbonyl (C=O) groups excluding carboxylic acids is 2. The van der Waals surface area contributed by atoms with Gasteiger partial charge in [-0.2, -0.15) is 0 Å². The Morgan fingerprint density at radius 3 is 2.79 bits per heavy atom. The van der Waals surface area contributed by atoms with Gasteiger partial charge in [-0.15, -0.1) is 10.2 Å². The minimum Gasteiger partial charge on any atom is -0.325 e. The largest absolute Gasteiger partial charge is 0.325 e. The summed E-state index contributed by atoms with van der Waals surface area (Å²) in [6.45, 7) is 0. The van der Waals surface area contributed by atoms with Crippen molar-refractivity contribution < 1.29 is 9.59 Å². The van der Waals surface area contributed by atoms with E-state index < -0.39 is 0 Å². The second-order valence-electron chi connectivity index (χ2n) is 8.40. The molecule has 0 unspecified atom stereocenters. The zero-order valence-electron chi connectivity index (χ0n) is 17.8. The molecule has 1 fully saturated rings. The first kappa shape index (κ1) is 22.6. The number of Topliss-reactive ketones (excluding diaryl/α,β-unsaturated/α-hetero) is 1. The van der Waals surface area contributed by atoms with Crippen molar-refractivity contribution in [1.29, 1.82) is 0 Å². The van der Waals surface area contributed by atoms with E-state index in [4.69, 9.17) is 11.6 Å². The third-order valence-corrected chi connectivity index (χ3v) is 7.89. The molecule has 6 nitrogen and oxygen atoms in total. The number of hydrogen-bond acceptors (Lipinski definition) is 5. The Morgan fingerprint density at radius 1 is 1.18 bits per heavy atom. The molecule has 2 aliphatic rings. The number of anilines is 1. The maximum Gasteiger partial charge on any atom is 0.228 e. The van der Waals surface area contributed by atoms with E-state index in [1.165, 1.54) is 31.0 Å². The number of benzene rings is 2. The zero-order valence-corrected chi connectivity index (χ0v) is 21.0. The van der Waals surface area contributed by atoms with E-state index in [1.54, 1.807) is 12.1 Å². The average molecular weight is 546 g/mol. The van der Waals surface area contributed by atoms with Crippen LogP contribution in [-0.2, 0) is 11.2 Å². The molecule has 2 aromatic carbocycles. The number of carbonyl (C=O) groups is 2. The van der Waals surface area contributed by atoms with E-state index in [0.717, 1.165) is 39.4 Å². The summed E-state index contributed by atoms with van der Waals surface area (Å²) in [6, 6.07) is 11.8. The SMILES string of the molecule is O=C1Cc2cc(C(=O)CSc3nnc(-c4cccc(Br)c4)n3C3CCCCC3)c(Cl)cc2N1. The monoisotopic (exact) mass is 544 g/mol. The first-order valence-electron chi connectivity index (χ1n) is 11.0. The van der Waals surface area contributed by atoms with Crippen molar-refractivity contribution in [2.45, 2.75) is 49.7 Å². The van der Waals surface area contributed by atoms with Gasteiger partial charge in [-0.3, -0.25) is 14.2 Å². The molecule has 1 N–H and O–H groups in total. The lowest BCUT2D eigenvalue weighted by atomic mass is 9.95. The van der Waals surface area contributed by atoms with Crippen LogP contribution in [0, 0.1) is 0 Å². The average Bonchev–Trinajstić information content (AvgIpc) is 3.39. The number of nitrogens with one attached hydrogen (secondary N) is 1. The highest BCUT2D eigenvalue weighted by molar-refractivity contribution is 9.10. The topological polar surface area (TPSA) is 76.9 Å². The van der Waals surface area contributed by atoms with Gasteiger partial charge in [0, 0.05) is 27.3 Å². The molecule has 0 radical (unpaired) electrons. The lowest BCUT2D eigenvalue weighted by Gasteiger charge is -2.25. The normalized spacial score (nSPS) is 16.0. The first-order valence-corrected chi connectivity index (χ1v) is 13.1. The highest BCUT2D eigenvalue weighted by Gasteiger charge is 2.26. The molecular weight excluding hydrogens is 524 g/mol. The maximum atomic E-state index is 13.1. The summed E-state index contributed by atoms with van der Waals surface area (Å²) in [5.74, 6) is 0.858.